The second-order valence-electron chi connectivity index (χ2n) is 6.50. The molecule has 2 aliphatic rings. The molecule has 124 valence electrons. The average molecular weight is 317 g/mol. The number of hydrogen-bond acceptors (Lipinski definition) is 4. The molecular formula is C15H31N3O2S. The van der Waals surface area contributed by atoms with Gasteiger partial charge >= 0.3 is 0 Å². The maximum atomic E-state index is 12.2. The van der Waals surface area contributed by atoms with E-state index in [2.05, 4.69) is 16.8 Å². The first-order valence-electron chi connectivity index (χ1n) is 8.43. The molecule has 2 heterocycles. The molecule has 0 bridgehead atoms. The van der Waals surface area contributed by atoms with E-state index in [0.29, 0.717) is 24.9 Å². The second-order valence-corrected chi connectivity index (χ2v) is 8.59. The van der Waals surface area contributed by atoms with Crippen molar-refractivity contribution in [1.82, 2.24) is 14.1 Å². The minimum absolute atomic E-state index is 0.314. The predicted molar refractivity (Wildman–Crippen MR) is 87.0 cm³/mol. The van der Waals surface area contributed by atoms with Gasteiger partial charge in [0.1, 0.15) is 0 Å². The van der Waals surface area contributed by atoms with Crippen molar-refractivity contribution in [1.29, 1.82) is 0 Å². The van der Waals surface area contributed by atoms with Crippen LogP contribution in [0.1, 0.15) is 39.0 Å². The van der Waals surface area contributed by atoms with Crippen LogP contribution in [0.3, 0.4) is 0 Å². The summed E-state index contributed by atoms with van der Waals surface area (Å²) in [5.41, 5.74) is 0. The Kier molecular flexibility index (Phi) is 6.47. The Morgan fingerprint density at radius 1 is 1.05 bits per heavy atom. The zero-order chi connectivity index (χ0) is 15.3. The summed E-state index contributed by atoms with van der Waals surface area (Å²) in [5.74, 6) is 0.314. The SMILES string of the molecule is CCCCS(=O)(=O)N1CCN(C[C@@H]2CCCCN2C)CC1. The molecular weight excluding hydrogens is 286 g/mol. The van der Waals surface area contributed by atoms with Crippen LogP contribution in [0.15, 0.2) is 0 Å². The van der Waals surface area contributed by atoms with Gasteiger partial charge in [0.15, 0.2) is 0 Å². The largest absolute Gasteiger partial charge is 0.302 e. The maximum Gasteiger partial charge on any atom is 0.214 e. The van der Waals surface area contributed by atoms with E-state index in [9.17, 15) is 8.42 Å². The number of piperazine rings is 1. The van der Waals surface area contributed by atoms with Gasteiger partial charge in [-0.2, -0.15) is 4.31 Å². The highest BCUT2D eigenvalue weighted by Gasteiger charge is 2.28. The lowest BCUT2D eigenvalue weighted by Gasteiger charge is -2.39. The number of likely N-dealkylation sites (tertiary alicyclic amines) is 1. The van der Waals surface area contributed by atoms with Gasteiger partial charge in [-0.25, -0.2) is 8.42 Å². The van der Waals surface area contributed by atoms with Crippen molar-refractivity contribution in [3.05, 3.63) is 0 Å². The van der Waals surface area contributed by atoms with E-state index >= 15 is 0 Å². The highest BCUT2D eigenvalue weighted by molar-refractivity contribution is 7.89. The Morgan fingerprint density at radius 2 is 1.76 bits per heavy atom. The smallest absolute Gasteiger partial charge is 0.214 e. The lowest BCUT2D eigenvalue weighted by atomic mass is 10.0. The van der Waals surface area contributed by atoms with Crippen LogP contribution in [-0.4, -0.2) is 80.6 Å². The highest BCUT2D eigenvalue weighted by Crippen LogP contribution is 2.17. The van der Waals surface area contributed by atoms with Crippen LogP contribution in [0, 0.1) is 0 Å². The third-order valence-corrected chi connectivity index (χ3v) is 6.83. The van der Waals surface area contributed by atoms with Crippen LogP contribution in [0.4, 0.5) is 0 Å². The summed E-state index contributed by atoms with van der Waals surface area (Å²) in [5, 5.41) is 0. The number of hydrogen-bond donors (Lipinski definition) is 0. The van der Waals surface area contributed by atoms with Gasteiger partial charge in [0.25, 0.3) is 0 Å². The molecule has 0 aromatic heterocycles. The zero-order valence-corrected chi connectivity index (χ0v) is 14.4. The van der Waals surface area contributed by atoms with Gasteiger partial charge < -0.3 is 4.90 Å². The quantitative estimate of drug-likeness (QED) is 0.739. The number of likely N-dealkylation sites (N-methyl/N-ethyl adjacent to an activating group) is 1. The fourth-order valence-electron chi connectivity index (χ4n) is 3.32. The summed E-state index contributed by atoms with van der Waals surface area (Å²) in [4.78, 5) is 4.91. The van der Waals surface area contributed by atoms with Gasteiger partial charge in [-0.15, -0.1) is 0 Å². The van der Waals surface area contributed by atoms with Crippen molar-refractivity contribution in [2.24, 2.45) is 0 Å². The van der Waals surface area contributed by atoms with Gasteiger partial charge in [-0.05, 0) is 32.9 Å². The molecule has 0 spiro atoms. The molecule has 0 aliphatic carbocycles. The molecule has 6 heteroatoms. The Hall–Kier alpha value is -0.170. The molecule has 5 nitrogen and oxygen atoms in total. The minimum atomic E-state index is -3.02. The van der Waals surface area contributed by atoms with E-state index in [1.54, 1.807) is 4.31 Å². The monoisotopic (exact) mass is 317 g/mol. The first-order chi connectivity index (χ1) is 10.0. The van der Waals surface area contributed by atoms with Crippen molar-refractivity contribution >= 4 is 10.0 Å². The van der Waals surface area contributed by atoms with Crippen molar-refractivity contribution in [2.45, 2.75) is 45.1 Å². The Bertz CT molecular complexity index is 405. The number of sulfonamides is 1. The molecule has 2 saturated heterocycles. The molecule has 2 rings (SSSR count). The third-order valence-electron chi connectivity index (χ3n) is 4.87. The van der Waals surface area contributed by atoms with E-state index in [-0.39, 0.29) is 0 Å². The van der Waals surface area contributed by atoms with Crippen LogP contribution in [0.5, 0.6) is 0 Å². The van der Waals surface area contributed by atoms with Gasteiger partial charge in [0, 0.05) is 38.8 Å². The molecule has 2 fully saturated rings. The lowest BCUT2D eigenvalue weighted by Crippen LogP contribution is -2.53. The molecule has 0 aromatic carbocycles. The fraction of sp³-hybridized carbons (Fsp3) is 1.00. The summed E-state index contributed by atoms with van der Waals surface area (Å²) in [6.07, 6.45) is 5.64. The van der Waals surface area contributed by atoms with Gasteiger partial charge in [0.05, 0.1) is 5.75 Å². The van der Waals surface area contributed by atoms with Crippen LogP contribution in [0.2, 0.25) is 0 Å². The van der Waals surface area contributed by atoms with E-state index in [4.69, 9.17) is 0 Å². The van der Waals surface area contributed by atoms with Crippen LogP contribution in [0.25, 0.3) is 0 Å². The van der Waals surface area contributed by atoms with E-state index in [1.165, 1.54) is 25.8 Å². The zero-order valence-electron chi connectivity index (χ0n) is 13.6. The second kappa shape index (κ2) is 7.90. The van der Waals surface area contributed by atoms with E-state index in [0.717, 1.165) is 32.5 Å². The molecule has 0 aromatic rings. The maximum absolute atomic E-state index is 12.2. The average Bonchev–Trinajstić information content (AvgIpc) is 2.48. The molecule has 0 unspecified atom stereocenters. The van der Waals surface area contributed by atoms with Crippen molar-refractivity contribution in [2.75, 3.05) is 52.1 Å². The molecule has 2 aliphatic heterocycles. The number of nitrogens with zero attached hydrogens (tertiary/aromatic N) is 3. The summed E-state index contributed by atoms with van der Waals surface area (Å²) in [6.45, 7) is 7.44. The van der Waals surface area contributed by atoms with Crippen LogP contribution in [-0.2, 0) is 10.0 Å². The van der Waals surface area contributed by atoms with Crippen molar-refractivity contribution < 1.29 is 8.42 Å². The first kappa shape index (κ1) is 17.2. The van der Waals surface area contributed by atoms with Crippen LogP contribution < -0.4 is 0 Å². The minimum Gasteiger partial charge on any atom is -0.302 e. The van der Waals surface area contributed by atoms with E-state index in [1.807, 2.05) is 6.92 Å². The van der Waals surface area contributed by atoms with Gasteiger partial charge in [0.2, 0.25) is 10.0 Å². The molecule has 0 N–H and O–H groups in total. The van der Waals surface area contributed by atoms with Gasteiger partial charge in [-0.1, -0.05) is 19.8 Å². The summed E-state index contributed by atoms with van der Waals surface area (Å²) < 4.78 is 26.1. The normalized spacial score (nSPS) is 27.0. The first-order valence-corrected chi connectivity index (χ1v) is 10.0. The van der Waals surface area contributed by atoms with Crippen molar-refractivity contribution in [3.8, 4) is 0 Å². The Morgan fingerprint density at radius 3 is 2.38 bits per heavy atom. The summed E-state index contributed by atoms with van der Waals surface area (Å²) in [7, 11) is -0.799. The third kappa shape index (κ3) is 4.91. The summed E-state index contributed by atoms with van der Waals surface area (Å²) >= 11 is 0. The molecule has 21 heavy (non-hydrogen) atoms. The molecule has 0 saturated carbocycles. The number of unbranched alkanes of at least 4 members (excludes halogenated alkanes) is 1. The topological polar surface area (TPSA) is 43.9 Å². The standard InChI is InChI=1S/C15H31N3O2S/c1-3-4-13-21(19,20)18-11-9-17(10-12-18)14-15-7-5-6-8-16(15)2/h15H,3-14H2,1-2H3/t15-/m0/s1. The Balaban J connectivity index is 1.77. The molecule has 0 amide bonds. The van der Waals surface area contributed by atoms with E-state index < -0.39 is 10.0 Å². The number of piperidine rings is 1. The lowest BCUT2D eigenvalue weighted by molar-refractivity contribution is 0.106. The van der Waals surface area contributed by atoms with Crippen molar-refractivity contribution in [3.63, 3.8) is 0 Å². The number of rotatable bonds is 6. The van der Waals surface area contributed by atoms with Gasteiger partial charge in [-0.3, -0.25) is 4.90 Å². The van der Waals surface area contributed by atoms with Crippen LogP contribution >= 0.6 is 0 Å². The Labute approximate surface area is 130 Å². The molecule has 1 atom stereocenters. The fourth-order valence-corrected chi connectivity index (χ4v) is 4.95. The summed E-state index contributed by atoms with van der Waals surface area (Å²) in [6, 6.07) is 0.655. The highest BCUT2D eigenvalue weighted by atomic mass is 32.2. The molecule has 0 radical (unpaired) electrons. The predicted octanol–water partition coefficient (Wildman–Crippen LogP) is 1.22.